The lowest BCUT2D eigenvalue weighted by Crippen LogP contribution is -2.41. The van der Waals surface area contributed by atoms with Crippen LogP contribution in [-0.4, -0.2) is 49.8 Å². The summed E-state index contributed by atoms with van der Waals surface area (Å²) in [7, 11) is 4.10. The summed E-state index contributed by atoms with van der Waals surface area (Å²) in [4.78, 5) is 22.2. The number of hydrogen-bond donors (Lipinski definition) is 1. The van der Waals surface area contributed by atoms with E-state index in [0.717, 1.165) is 49.4 Å². The van der Waals surface area contributed by atoms with Gasteiger partial charge in [-0.1, -0.05) is 24.3 Å². The minimum atomic E-state index is -0.293. The summed E-state index contributed by atoms with van der Waals surface area (Å²) in [6.07, 6.45) is 5.25. The molecule has 2 aliphatic rings. The Labute approximate surface area is 206 Å². The quantitative estimate of drug-likeness (QED) is 0.561. The van der Waals surface area contributed by atoms with E-state index >= 15 is 0 Å². The molecule has 1 amide bonds. The van der Waals surface area contributed by atoms with Crippen molar-refractivity contribution in [2.75, 3.05) is 38.9 Å². The molecule has 5 rings (SSSR count). The number of aromatic nitrogens is 1. The van der Waals surface area contributed by atoms with Gasteiger partial charge in [-0.15, -0.1) is 0 Å². The molecule has 35 heavy (non-hydrogen) atoms. The fourth-order valence-corrected chi connectivity index (χ4v) is 4.77. The molecule has 0 saturated carbocycles. The van der Waals surface area contributed by atoms with Crippen LogP contribution in [0.15, 0.2) is 67.0 Å². The van der Waals surface area contributed by atoms with E-state index in [1.54, 1.807) is 12.4 Å². The Balaban J connectivity index is 1.22. The number of nitrogens with zero attached hydrogens (tertiary/aromatic N) is 3. The molecule has 3 aromatic rings. The van der Waals surface area contributed by atoms with Gasteiger partial charge >= 0.3 is 0 Å². The van der Waals surface area contributed by atoms with E-state index in [9.17, 15) is 4.79 Å². The monoisotopic (exact) mass is 472 g/mol. The van der Waals surface area contributed by atoms with Crippen LogP contribution < -0.4 is 19.7 Å². The molecule has 7 nitrogen and oxygen atoms in total. The number of anilines is 1. The average molecular weight is 473 g/mol. The number of pyridine rings is 1. The number of carbonyl (C=O) groups excluding carboxylic acids is 1. The van der Waals surface area contributed by atoms with Crippen LogP contribution >= 0.6 is 0 Å². The number of fused-ring (bicyclic) bond motifs is 1. The highest BCUT2D eigenvalue weighted by molar-refractivity contribution is 5.79. The zero-order valence-electron chi connectivity index (χ0n) is 20.3. The standard InChI is InChI=1S/C28H32N4O3/c1-31(2)24-8-5-20(6-9-24)18-32-14-11-21(12-15-32)28(33)30-27(23-4-3-13-29-17-23)22-7-10-25-26(16-22)35-19-34-25/h3-10,13,16-17,21,27H,11-12,14-15,18-19H2,1-2H3,(H,30,33). The van der Waals surface area contributed by atoms with Crippen LogP contribution in [0.3, 0.4) is 0 Å². The van der Waals surface area contributed by atoms with Crippen LogP contribution in [0.2, 0.25) is 0 Å². The van der Waals surface area contributed by atoms with Crippen molar-refractivity contribution >= 4 is 11.6 Å². The second kappa shape index (κ2) is 10.4. The predicted octanol–water partition coefficient (Wildman–Crippen LogP) is 3.99. The molecule has 3 heterocycles. The Kier molecular flexibility index (Phi) is 6.86. The second-order valence-electron chi connectivity index (χ2n) is 9.45. The van der Waals surface area contributed by atoms with E-state index < -0.39 is 0 Å². The van der Waals surface area contributed by atoms with Crippen molar-refractivity contribution in [2.45, 2.75) is 25.4 Å². The van der Waals surface area contributed by atoms with E-state index in [1.807, 2.05) is 30.3 Å². The predicted molar refractivity (Wildman–Crippen MR) is 136 cm³/mol. The van der Waals surface area contributed by atoms with Crippen molar-refractivity contribution < 1.29 is 14.3 Å². The van der Waals surface area contributed by atoms with Crippen molar-refractivity contribution in [2.24, 2.45) is 5.92 Å². The highest BCUT2D eigenvalue weighted by atomic mass is 16.7. The number of carbonyl (C=O) groups is 1. The molecule has 1 N–H and O–H groups in total. The lowest BCUT2D eigenvalue weighted by Gasteiger charge is -2.32. The first kappa shape index (κ1) is 23.2. The summed E-state index contributed by atoms with van der Waals surface area (Å²) in [6.45, 7) is 2.96. The Morgan fingerprint density at radius 3 is 2.54 bits per heavy atom. The van der Waals surface area contributed by atoms with Crippen molar-refractivity contribution in [1.82, 2.24) is 15.2 Å². The van der Waals surface area contributed by atoms with Gasteiger partial charge in [-0.25, -0.2) is 0 Å². The van der Waals surface area contributed by atoms with E-state index in [1.165, 1.54) is 11.3 Å². The van der Waals surface area contributed by atoms with Crippen LogP contribution in [-0.2, 0) is 11.3 Å². The fourth-order valence-electron chi connectivity index (χ4n) is 4.77. The zero-order chi connectivity index (χ0) is 24.2. The van der Waals surface area contributed by atoms with Gasteiger partial charge in [-0.05, 0) is 73.0 Å². The summed E-state index contributed by atoms with van der Waals surface area (Å²) in [5.41, 5.74) is 4.40. The third kappa shape index (κ3) is 5.41. The molecule has 2 aromatic carbocycles. The van der Waals surface area contributed by atoms with Crippen LogP contribution in [0, 0.1) is 5.92 Å². The maximum absolute atomic E-state index is 13.3. The SMILES string of the molecule is CN(C)c1ccc(CN2CCC(C(=O)NC(c3cccnc3)c3ccc4c(c3)OCO4)CC2)cc1. The van der Waals surface area contributed by atoms with Crippen molar-refractivity contribution in [3.05, 3.63) is 83.7 Å². The number of likely N-dealkylation sites (tertiary alicyclic amines) is 1. The fraction of sp³-hybridized carbons (Fsp3) is 0.357. The highest BCUT2D eigenvalue weighted by Crippen LogP contribution is 2.36. The lowest BCUT2D eigenvalue weighted by molar-refractivity contribution is -0.127. The van der Waals surface area contributed by atoms with Crippen molar-refractivity contribution in [3.63, 3.8) is 0 Å². The number of ether oxygens (including phenoxy) is 2. The molecule has 2 aliphatic heterocycles. The number of piperidine rings is 1. The van der Waals surface area contributed by atoms with Gasteiger partial charge in [0.25, 0.3) is 0 Å². The minimum Gasteiger partial charge on any atom is -0.454 e. The number of benzene rings is 2. The number of nitrogens with one attached hydrogen (secondary N) is 1. The Morgan fingerprint density at radius 2 is 1.83 bits per heavy atom. The van der Waals surface area contributed by atoms with Crippen LogP contribution in [0.1, 0.15) is 35.6 Å². The van der Waals surface area contributed by atoms with Crippen LogP contribution in [0.5, 0.6) is 11.5 Å². The summed E-state index contributed by atoms with van der Waals surface area (Å²) >= 11 is 0. The maximum Gasteiger partial charge on any atom is 0.231 e. The third-order valence-corrected chi connectivity index (χ3v) is 6.85. The number of hydrogen-bond acceptors (Lipinski definition) is 6. The van der Waals surface area contributed by atoms with Crippen LogP contribution in [0.4, 0.5) is 5.69 Å². The molecule has 1 atom stereocenters. The number of rotatable bonds is 7. The first-order chi connectivity index (χ1) is 17.1. The van der Waals surface area contributed by atoms with E-state index in [-0.39, 0.29) is 24.7 Å². The lowest BCUT2D eigenvalue weighted by atomic mass is 9.93. The summed E-state index contributed by atoms with van der Waals surface area (Å²) in [5, 5.41) is 3.29. The van der Waals surface area contributed by atoms with Gasteiger partial charge in [0, 0.05) is 44.6 Å². The largest absolute Gasteiger partial charge is 0.454 e. The first-order valence-electron chi connectivity index (χ1n) is 12.2. The van der Waals surface area contributed by atoms with Gasteiger partial charge in [0.1, 0.15) is 0 Å². The molecule has 182 valence electrons. The molecule has 0 spiro atoms. The van der Waals surface area contributed by atoms with Gasteiger partial charge in [0.15, 0.2) is 11.5 Å². The van der Waals surface area contributed by atoms with E-state index in [4.69, 9.17) is 9.47 Å². The van der Waals surface area contributed by atoms with Crippen molar-refractivity contribution in [3.8, 4) is 11.5 Å². The molecule has 1 unspecified atom stereocenters. The number of amides is 1. The van der Waals surface area contributed by atoms with E-state index in [2.05, 4.69) is 58.5 Å². The molecule has 0 radical (unpaired) electrons. The molecular weight excluding hydrogens is 440 g/mol. The van der Waals surface area contributed by atoms with Crippen molar-refractivity contribution in [1.29, 1.82) is 0 Å². The van der Waals surface area contributed by atoms with Gasteiger partial charge in [-0.3, -0.25) is 14.7 Å². The molecule has 1 saturated heterocycles. The summed E-state index contributed by atoms with van der Waals surface area (Å²) in [5.74, 6) is 1.52. The summed E-state index contributed by atoms with van der Waals surface area (Å²) in [6, 6.07) is 18.1. The second-order valence-corrected chi connectivity index (χ2v) is 9.45. The van der Waals surface area contributed by atoms with Gasteiger partial charge in [0.05, 0.1) is 6.04 Å². The highest BCUT2D eigenvalue weighted by Gasteiger charge is 2.28. The molecule has 1 fully saturated rings. The molecule has 7 heteroatoms. The van der Waals surface area contributed by atoms with E-state index in [0.29, 0.717) is 5.75 Å². The third-order valence-electron chi connectivity index (χ3n) is 6.85. The molecule has 1 aromatic heterocycles. The van der Waals surface area contributed by atoms with Crippen LogP contribution in [0.25, 0.3) is 0 Å². The normalized spacial score (nSPS) is 16.6. The Bertz CT molecular complexity index is 1140. The molecular formula is C28H32N4O3. The van der Waals surface area contributed by atoms with Gasteiger partial charge in [-0.2, -0.15) is 0 Å². The smallest absolute Gasteiger partial charge is 0.231 e. The topological polar surface area (TPSA) is 66.9 Å². The minimum absolute atomic E-state index is 0.00412. The zero-order valence-corrected chi connectivity index (χ0v) is 20.3. The van der Waals surface area contributed by atoms with Gasteiger partial charge < -0.3 is 19.7 Å². The maximum atomic E-state index is 13.3. The average Bonchev–Trinajstić information content (AvgIpc) is 3.36. The van der Waals surface area contributed by atoms with Gasteiger partial charge in [0.2, 0.25) is 12.7 Å². The summed E-state index contributed by atoms with van der Waals surface area (Å²) < 4.78 is 11.0. The molecule has 0 aliphatic carbocycles. The molecule has 0 bridgehead atoms. The Morgan fingerprint density at radius 1 is 1.06 bits per heavy atom. The Hall–Kier alpha value is -3.58. The first-order valence-corrected chi connectivity index (χ1v) is 12.2.